The predicted molar refractivity (Wildman–Crippen MR) is 109 cm³/mol. The average Bonchev–Trinajstić information content (AvgIpc) is 3.30. The zero-order chi connectivity index (χ0) is 20.6. The summed E-state index contributed by atoms with van der Waals surface area (Å²) in [6.45, 7) is 6.51. The Labute approximate surface area is 171 Å². The van der Waals surface area contributed by atoms with E-state index in [1.807, 2.05) is 13.8 Å². The van der Waals surface area contributed by atoms with Crippen molar-refractivity contribution in [2.24, 2.45) is 5.41 Å². The normalized spacial score (nSPS) is 21.7. The summed E-state index contributed by atoms with van der Waals surface area (Å²) >= 11 is 1.31. The summed E-state index contributed by atoms with van der Waals surface area (Å²) in [6, 6.07) is 5.15. The van der Waals surface area contributed by atoms with Crippen LogP contribution in [0.2, 0.25) is 0 Å². The first-order valence-corrected chi connectivity index (χ1v) is 10.9. The van der Waals surface area contributed by atoms with E-state index in [0.29, 0.717) is 6.42 Å². The Morgan fingerprint density at radius 2 is 1.93 bits per heavy atom. The monoisotopic (exact) mass is 410 g/mol. The van der Waals surface area contributed by atoms with E-state index in [-0.39, 0.29) is 36.1 Å². The van der Waals surface area contributed by atoms with Crippen LogP contribution < -0.4 is 10.0 Å². The molecule has 5 nitrogen and oxygen atoms in total. The fraction of sp³-hybridized carbons (Fsp3) is 0.619. The number of rotatable bonds is 7. The van der Waals surface area contributed by atoms with Gasteiger partial charge in [-0.15, -0.1) is 0 Å². The number of amides is 1. The standard InChI is InChI=1S/C19H25FN2O3S.C2H6/c1-19(8-2-3-9-19)10-15(18(24)21-16-11-25-12-17(16)23)22-26-14-6-4-13(20)5-7-14;1-2/h4-7,15-16,22H,2-3,8-12H2,1H3,(H,21,24);1-2H3. The third-order valence-electron chi connectivity index (χ3n) is 5.19. The van der Waals surface area contributed by atoms with Crippen LogP contribution in [0.25, 0.3) is 0 Å². The predicted octanol–water partition coefficient (Wildman–Crippen LogP) is 3.87. The molecule has 1 saturated heterocycles. The van der Waals surface area contributed by atoms with Gasteiger partial charge in [0.05, 0.1) is 12.6 Å². The van der Waals surface area contributed by atoms with Crippen LogP contribution >= 0.6 is 11.9 Å². The van der Waals surface area contributed by atoms with E-state index in [1.165, 1.54) is 36.9 Å². The number of halogens is 1. The van der Waals surface area contributed by atoms with Crippen molar-refractivity contribution in [2.75, 3.05) is 13.2 Å². The third-order valence-corrected chi connectivity index (χ3v) is 6.10. The van der Waals surface area contributed by atoms with E-state index in [9.17, 15) is 14.0 Å². The number of ketones is 1. The molecule has 3 rings (SSSR count). The maximum absolute atomic E-state index is 13.1. The van der Waals surface area contributed by atoms with Gasteiger partial charge in [0.1, 0.15) is 18.5 Å². The summed E-state index contributed by atoms with van der Waals surface area (Å²) < 4.78 is 21.4. The number of hydrogen-bond donors (Lipinski definition) is 2. The highest BCUT2D eigenvalue weighted by atomic mass is 32.2. The Morgan fingerprint density at radius 3 is 2.50 bits per heavy atom. The van der Waals surface area contributed by atoms with Crippen LogP contribution in [-0.2, 0) is 14.3 Å². The quantitative estimate of drug-likeness (QED) is 0.668. The molecule has 1 heterocycles. The number of carbonyl (C=O) groups is 2. The maximum atomic E-state index is 13.1. The third kappa shape index (κ3) is 6.57. The SMILES string of the molecule is CC.CC1(CC(NSc2ccc(F)cc2)C(=O)NC2COCC2=O)CCCC1. The molecule has 1 saturated carbocycles. The number of benzene rings is 1. The van der Waals surface area contributed by atoms with Crippen molar-refractivity contribution in [3.8, 4) is 0 Å². The van der Waals surface area contributed by atoms with Crippen LogP contribution in [0.4, 0.5) is 4.39 Å². The average molecular weight is 411 g/mol. The topological polar surface area (TPSA) is 67.4 Å². The molecule has 28 heavy (non-hydrogen) atoms. The van der Waals surface area contributed by atoms with Gasteiger partial charge in [0.2, 0.25) is 5.91 Å². The number of hydrogen-bond acceptors (Lipinski definition) is 5. The van der Waals surface area contributed by atoms with Gasteiger partial charge < -0.3 is 10.1 Å². The lowest BCUT2D eigenvalue weighted by Gasteiger charge is -2.29. The minimum absolute atomic E-state index is 0.0606. The molecule has 0 aromatic heterocycles. The smallest absolute Gasteiger partial charge is 0.238 e. The molecule has 7 heteroatoms. The Bertz CT molecular complexity index is 648. The van der Waals surface area contributed by atoms with Crippen LogP contribution in [0, 0.1) is 11.2 Å². The van der Waals surface area contributed by atoms with Gasteiger partial charge in [0.15, 0.2) is 5.78 Å². The van der Waals surface area contributed by atoms with Crippen molar-refractivity contribution >= 4 is 23.6 Å². The van der Waals surface area contributed by atoms with Crippen molar-refractivity contribution < 1.29 is 18.7 Å². The number of ether oxygens (including phenoxy) is 1. The molecule has 1 amide bonds. The van der Waals surface area contributed by atoms with E-state index in [1.54, 1.807) is 12.1 Å². The van der Waals surface area contributed by atoms with E-state index in [4.69, 9.17) is 4.74 Å². The molecule has 1 aromatic rings. The van der Waals surface area contributed by atoms with E-state index < -0.39 is 12.1 Å². The molecule has 0 spiro atoms. The van der Waals surface area contributed by atoms with Gasteiger partial charge in [0, 0.05) is 4.90 Å². The molecule has 1 aliphatic carbocycles. The molecule has 2 aliphatic rings. The van der Waals surface area contributed by atoms with Crippen LogP contribution in [0.1, 0.15) is 52.9 Å². The van der Waals surface area contributed by atoms with E-state index >= 15 is 0 Å². The van der Waals surface area contributed by atoms with Crippen molar-refractivity contribution in [3.05, 3.63) is 30.1 Å². The van der Waals surface area contributed by atoms with Crippen LogP contribution in [0.3, 0.4) is 0 Å². The highest BCUT2D eigenvalue weighted by Gasteiger charge is 2.36. The van der Waals surface area contributed by atoms with Gasteiger partial charge in [-0.05, 0) is 60.9 Å². The lowest BCUT2D eigenvalue weighted by Crippen LogP contribution is -2.50. The van der Waals surface area contributed by atoms with E-state index in [2.05, 4.69) is 17.0 Å². The summed E-state index contributed by atoms with van der Waals surface area (Å²) in [5.41, 5.74) is 0.120. The van der Waals surface area contributed by atoms with Crippen molar-refractivity contribution in [1.29, 1.82) is 0 Å². The summed E-state index contributed by atoms with van der Waals surface area (Å²) in [5.74, 6) is -0.561. The lowest BCUT2D eigenvalue weighted by atomic mass is 9.82. The van der Waals surface area contributed by atoms with Gasteiger partial charge >= 0.3 is 0 Å². The van der Waals surface area contributed by atoms with Crippen LogP contribution in [0.15, 0.2) is 29.2 Å². The molecule has 0 radical (unpaired) electrons. The highest BCUT2D eigenvalue weighted by molar-refractivity contribution is 7.97. The molecule has 2 unspecified atom stereocenters. The molecule has 2 atom stereocenters. The Balaban J connectivity index is 0.00000136. The minimum Gasteiger partial charge on any atom is -0.371 e. The zero-order valence-electron chi connectivity index (χ0n) is 16.9. The first kappa shape index (κ1) is 22.8. The fourth-order valence-corrected chi connectivity index (χ4v) is 4.36. The van der Waals surface area contributed by atoms with Crippen molar-refractivity contribution in [1.82, 2.24) is 10.0 Å². The molecular formula is C21H31FN2O3S. The lowest BCUT2D eigenvalue weighted by molar-refractivity contribution is -0.127. The molecule has 1 aliphatic heterocycles. The second kappa shape index (κ2) is 10.9. The van der Waals surface area contributed by atoms with Crippen molar-refractivity contribution in [3.63, 3.8) is 0 Å². The van der Waals surface area contributed by atoms with Crippen LogP contribution in [0.5, 0.6) is 0 Å². The highest BCUT2D eigenvalue weighted by Crippen LogP contribution is 2.41. The second-order valence-electron chi connectivity index (χ2n) is 7.49. The van der Waals surface area contributed by atoms with Gasteiger partial charge in [-0.25, -0.2) is 9.11 Å². The Hall–Kier alpha value is -1.44. The molecule has 2 N–H and O–H groups in total. The summed E-state index contributed by atoms with van der Waals surface area (Å²) in [5, 5.41) is 2.82. The first-order chi connectivity index (χ1) is 13.5. The van der Waals surface area contributed by atoms with Crippen LogP contribution in [-0.4, -0.2) is 37.0 Å². The molecule has 1 aromatic carbocycles. The minimum atomic E-state index is -0.556. The summed E-state index contributed by atoms with van der Waals surface area (Å²) in [4.78, 5) is 25.4. The number of nitrogens with one attached hydrogen (secondary N) is 2. The molecular weight excluding hydrogens is 379 g/mol. The summed E-state index contributed by atoms with van der Waals surface area (Å²) in [7, 11) is 0. The maximum Gasteiger partial charge on any atom is 0.238 e. The van der Waals surface area contributed by atoms with Gasteiger partial charge in [-0.1, -0.05) is 33.6 Å². The summed E-state index contributed by atoms with van der Waals surface area (Å²) in [6.07, 6.45) is 5.28. The second-order valence-corrected chi connectivity index (χ2v) is 8.40. The van der Waals surface area contributed by atoms with Gasteiger partial charge in [-0.2, -0.15) is 0 Å². The van der Waals surface area contributed by atoms with E-state index in [0.717, 1.165) is 17.7 Å². The fourth-order valence-electron chi connectivity index (χ4n) is 3.62. The Kier molecular flexibility index (Phi) is 8.92. The largest absolute Gasteiger partial charge is 0.371 e. The molecule has 2 fully saturated rings. The number of carbonyl (C=O) groups excluding carboxylic acids is 2. The Morgan fingerprint density at radius 1 is 1.29 bits per heavy atom. The zero-order valence-corrected chi connectivity index (χ0v) is 17.7. The molecule has 0 bridgehead atoms. The first-order valence-electron chi connectivity index (χ1n) is 10.0. The van der Waals surface area contributed by atoms with Gasteiger partial charge in [0.25, 0.3) is 0 Å². The number of Topliss-reactive ketones (excluding diaryl/α,β-unsaturated/α-hetero) is 1. The van der Waals surface area contributed by atoms with Crippen molar-refractivity contribution in [2.45, 2.75) is 69.9 Å². The molecule has 156 valence electrons. The van der Waals surface area contributed by atoms with Gasteiger partial charge in [-0.3, -0.25) is 9.59 Å².